The van der Waals surface area contributed by atoms with Crippen molar-refractivity contribution in [3.8, 4) is 11.5 Å². The number of carbonyl (C=O) groups excluding carboxylic acids is 1. The summed E-state index contributed by atoms with van der Waals surface area (Å²) in [5.41, 5.74) is 6.45. The van der Waals surface area contributed by atoms with Crippen LogP contribution in [-0.2, 0) is 0 Å². The third kappa shape index (κ3) is 3.24. The minimum Gasteiger partial charge on any atom is -0.495 e. The molecular weight excluding hydrogens is 334 g/mol. The normalized spacial score (nSPS) is 21.9. The number of halogens is 1. The lowest BCUT2D eigenvalue weighted by atomic mass is 9.75. The lowest BCUT2D eigenvalue weighted by molar-refractivity contribution is 0.0826. The van der Waals surface area contributed by atoms with Crippen molar-refractivity contribution in [2.75, 3.05) is 20.8 Å². The molecule has 1 aliphatic carbocycles. The summed E-state index contributed by atoms with van der Waals surface area (Å²) >= 11 is 3.45. The molecule has 0 aromatic heterocycles. The molecule has 0 aliphatic heterocycles. The molecule has 0 saturated heterocycles. The molecule has 1 aromatic carbocycles. The summed E-state index contributed by atoms with van der Waals surface area (Å²) in [5, 5.41) is 0. The molecule has 2 atom stereocenters. The van der Waals surface area contributed by atoms with Crippen LogP contribution in [0.2, 0.25) is 0 Å². The number of ether oxygens (including phenoxy) is 2. The number of methoxy groups -OCH3 is 2. The first kappa shape index (κ1) is 16.3. The Hall–Kier alpha value is -1.07. The quantitative estimate of drug-likeness (QED) is 0.822. The second-order valence-electron chi connectivity index (χ2n) is 5.41. The van der Waals surface area contributed by atoms with Crippen LogP contribution in [0.3, 0.4) is 0 Å². The van der Waals surface area contributed by atoms with E-state index in [1.807, 2.05) is 0 Å². The van der Waals surface area contributed by atoms with Crippen LogP contribution in [0.15, 0.2) is 16.6 Å². The standard InChI is InChI=1S/C16H22BrNO3/c1-20-13-8-7-12(16(21-2)14(13)17)15(19)11-6-4-3-5-10(11)9-18/h7-8,10-11H,3-6,9,18H2,1-2H3. The van der Waals surface area contributed by atoms with E-state index in [-0.39, 0.29) is 17.6 Å². The van der Waals surface area contributed by atoms with Crippen molar-refractivity contribution < 1.29 is 14.3 Å². The fourth-order valence-electron chi connectivity index (χ4n) is 3.12. The van der Waals surface area contributed by atoms with Gasteiger partial charge in [-0.2, -0.15) is 0 Å². The van der Waals surface area contributed by atoms with E-state index in [1.54, 1.807) is 26.4 Å². The van der Waals surface area contributed by atoms with Gasteiger partial charge in [0.1, 0.15) is 16.0 Å². The maximum atomic E-state index is 12.9. The van der Waals surface area contributed by atoms with Crippen LogP contribution in [0.25, 0.3) is 0 Å². The van der Waals surface area contributed by atoms with Gasteiger partial charge in [-0.15, -0.1) is 0 Å². The van der Waals surface area contributed by atoms with E-state index in [0.717, 1.165) is 25.7 Å². The zero-order chi connectivity index (χ0) is 15.4. The molecule has 0 heterocycles. The van der Waals surface area contributed by atoms with Gasteiger partial charge in [-0.05, 0) is 53.4 Å². The first-order chi connectivity index (χ1) is 10.1. The van der Waals surface area contributed by atoms with Crippen LogP contribution in [0.4, 0.5) is 0 Å². The topological polar surface area (TPSA) is 61.5 Å². The molecule has 2 rings (SSSR count). The first-order valence-corrected chi connectivity index (χ1v) is 8.08. The Morgan fingerprint density at radius 2 is 2.00 bits per heavy atom. The number of hydrogen-bond donors (Lipinski definition) is 1. The predicted octanol–water partition coefficient (Wildman–Crippen LogP) is 3.41. The second kappa shape index (κ2) is 7.27. The highest BCUT2D eigenvalue weighted by atomic mass is 79.9. The maximum absolute atomic E-state index is 12.9. The van der Waals surface area contributed by atoms with Gasteiger partial charge < -0.3 is 15.2 Å². The Bertz CT molecular complexity index is 518. The Morgan fingerprint density at radius 1 is 1.29 bits per heavy atom. The highest BCUT2D eigenvalue weighted by molar-refractivity contribution is 9.10. The van der Waals surface area contributed by atoms with Crippen molar-refractivity contribution in [2.24, 2.45) is 17.6 Å². The third-order valence-electron chi connectivity index (χ3n) is 4.30. The number of hydrogen-bond acceptors (Lipinski definition) is 4. The van der Waals surface area contributed by atoms with Crippen molar-refractivity contribution in [3.63, 3.8) is 0 Å². The van der Waals surface area contributed by atoms with E-state index in [4.69, 9.17) is 15.2 Å². The second-order valence-corrected chi connectivity index (χ2v) is 6.21. The monoisotopic (exact) mass is 355 g/mol. The van der Waals surface area contributed by atoms with Crippen LogP contribution in [0, 0.1) is 11.8 Å². The average Bonchev–Trinajstić information content (AvgIpc) is 2.53. The third-order valence-corrected chi connectivity index (χ3v) is 5.05. The lowest BCUT2D eigenvalue weighted by Crippen LogP contribution is -2.32. The van der Waals surface area contributed by atoms with E-state index in [1.165, 1.54) is 0 Å². The van der Waals surface area contributed by atoms with Crippen LogP contribution in [0.5, 0.6) is 11.5 Å². The first-order valence-electron chi connectivity index (χ1n) is 7.28. The largest absolute Gasteiger partial charge is 0.495 e. The Labute approximate surface area is 134 Å². The average molecular weight is 356 g/mol. The molecule has 4 nitrogen and oxygen atoms in total. The minimum absolute atomic E-state index is 0.00190. The summed E-state index contributed by atoms with van der Waals surface area (Å²) in [7, 11) is 3.16. The van der Waals surface area contributed by atoms with E-state index in [9.17, 15) is 4.79 Å². The molecule has 116 valence electrons. The number of rotatable bonds is 5. The summed E-state index contributed by atoms with van der Waals surface area (Å²) in [6.45, 7) is 0.566. The van der Waals surface area contributed by atoms with Crippen molar-refractivity contribution in [1.29, 1.82) is 0 Å². The van der Waals surface area contributed by atoms with Gasteiger partial charge in [0.15, 0.2) is 5.78 Å². The van der Waals surface area contributed by atoms with Gasteiger partial charge in [0, 0.05) is 5.92 Å². The summed E-state index contributed by atoms with van der Waals surface area (Å²) < 4.78 is 11.4. The molecular formula is C16H22BrNO3. The van der Waals surface area contributed by atoms with Crippen molar-refractivity contribution in [3.05, 3.63) is 22.2 Å². The van der Waals surface area contributed by atoms with Crippen LogP contribution in [-0.4, -0.2) is 26.5 Å². The molecule has 21 heavy (non-hydrogen) atoms. The summed E-state index contributed by atoms with van der Waals surface area (Å²) in [6, 6.07) is 3.58. The number of Topliss-reactive ketones (excluding diaryl/α,β-unsaturated/α-hetero) is 1. The SMILES string of the molecule is COc1ccc(C(=O)C2CCCCC2CN)c(OC)c1Br. The molecule has 0 amide bonds. The highest BCUT2D eigenvalue weighted by Crippen LogP contribution is 2.40. The Balaban J connectivity index is 2.36. The van der Waals surface area contributed by atoms with Crippen molar-refractivity contribution in [2.45, 2.75) is 25.7 Å². The van der Waals surface area contributed by atoms with Gasteiger partial charge in [0.25, 0.3) is 0 Å². The molecule has 0 spiro atoms. The van der Waals surface area contributed by atoms with Gasteiger partial charge in [0.05, 0.1) is 19.8 Å². The summed E-state index contributed by atoms with van der Waals surface area (Å²) in [4.78, 5) is 12.9. The van der Waals surface area contributed by atoms with E-state index in [2.05, 4.69) is 15.9 Å². The molecule has 1 aromatic rings. The van der Waals surface area contributed by atoms with Gasteiger partial charge in [-0.1, -0.05) is 12.8 Å². The Kier molecular flexibility index (Phi) is 5.65. The van der Waals surface area contributed by atoms with Gasteiger partial charge in [0.2, 0.25) is 0 Å². The fraction of sp³-hybridized carbons (Fsp3) is 0.562. The molecule has 1 saturated carbocycles. The Morgan fingerprint density at radius 3 is 2.62 bits per heavy atom. The predicted molar refractivity (Wildman–Crippen MR) is 86.1 cm³/mol. The smallest absolute Gasteiger partial charge is 0.170 e. The van der Waals surface area contributed by atoms with Gasteiger partial charge in [-0.3, -0.25) is 4.79 Å². The maximum Gasteiger partial charge on any atom is 0.170 e. The molecule has 2 unspecified atom stereocenters. The zero-order valence-electron chi connectivity index (χ0n) is 12.5. The van der Waals surface area contributed by atoms with E-state index < -0.39 is 0 Å². The summed E-state index contributed by atoms with van der Waals surface area (Å²) in [5.74, 6) is 1.60. The van der Waals surface area contributed by atoms with Crippen LogP contribution in [0.1, 0.15) is 36.0 Å². The molecule has 1 aliphatic rings. The molecule has 0 radical (unpaired) electrons. The molecule has 2 N–H and O–H groups in total. The highest BCUT2D eigenvalue weighted by Gasteiger charge is 2.32. The number of benzene rings is 1. The van der Waals surface area contributed by atoms with Crippen molar-refractivity contribution >= 4 is 21.7 Å². The number of nitrogens with two attached hydrogens (primary N) is 1. The summed E-state index contributed by atoms with van der Waals surface area (Å²) in [6.07, 6.45) is 4.20. The fourth-order valence-corrected chi connectivity index (χ4v) is 3.79. The lowest BCUT2D eigenvalue weighted by Gasteiger charge is -2.30. The van der Waals surface area contributed by atoms with Crippen LogP contribution < -0.4 is 15.2 Å². The molecule has 5 heteroatoms. The number of ketones is 1. The molecule has 1 fully saturated rings. The van der Waals surface area contributed by atoms with Crippen molar-refractivity contribution in [1.82, 2.24) is 0 Å². The van der Waals surface area contributed by atoms with E-state index >= 15 is 0 Å². The molecule has 0 bridgehead atoms. The van der Waals surface area contributed by atoms with Gasteiger partial charge in [-0.25, -0.2) is 0 Å². The van der Waals surface area contributed by atoms with E-state index in [0.29, 0.717) is 28.1 Å². The number of carbonyl (C=O) groups is 1. The van der Waals surface area contributed by atoms with Gasteiger partial charge >= 0.3 is 0 Å². The zero-order valence-corrected chi connectivity index (χ0v) is 14.1. The van der Waals surface area contributed by atoms with Crippen LogP contribution >= 0.6 is 15.9 Å². The minimum atomic E-state index is -0.00190.